The van der Waals surface area contributed by atoms with Crippen LogP contribution in [0, 0.1) is 0 Å². The molecule has 0 radical (unpaired) electrons. The van der Waals surface area contributed by atoms with Crippen LogP contribution >= 0.6 is 11.6 Å². The molecule has 0 unspecified atom stereocenters. The molecule has 4 rings (SSSR count). The van der Waals surface area contributed by atoms with Crippen LogP contribution in [0.4, 0.5) is 10.6 Å². The molecular weight excluding hydrogens is 376 g/mol. The third kappa shape index (κ3) is 3.89. The van der Waals surface area contributed by atoms with Gasteiger partial charge in [-0.05, 0) is 48.7 Å². The SMILES string of the molecule is CN(C(=O)NCc1c[nH]c2ccc(Cl)cc12)[C@@H]1CCCN(c2cccnn2)C1. The van der Waals surface area contributed by atoms with Gasteiger partial charge in [0.1, 0.15) is 0 Å². The molecule has 1 saturated heterocycles. The predicted molar refractivity (Wildman–Crippen MR) is 111 cm³/mol. The maximum Gasteiger partial charge on any atom is 0.317 e. The number of nitrogens with zero attached hydrogens (tertiary/aromatic N) is 4. The number of anilines is 1. The van der Waals surface area contributed by atoms with Gasteiger partial charge in [0.15, 0.2) is 5.82 Å². The second-order valence-corrected chi connectivity index (χ2v) is 7.53. The van der Waals surface area contributed by atoms with Crippen molar-refractivity contribution in [3.63, 3.8) is 0 Å². The monoisotopic (exact) mass is 398 g/mol. The second kappa shape index (κ2) is 8.06. The highest BCUT2D eigenvalue weighted by Gasteiger charge is 2.26. The van der Waals surface area contributed by atoms with E-state index < -0.39 is 0 Å². The van der Waals surface area contributed by atoms with Crippen molar-refractivity contribution in [2.45, 2.75) is 25.4 Å². The molecular formula is C20H23ClN6O. The Morgan fingerprint density at radius 2 is 2.32 bits per heavy atom. The maximum atomic E-state index is 12.7. The highest BCUT2D eigenvalue weighted by Crippen LogP contribution is 2.23. The number of rotatable bonds is 4. The van der Waals surface area contributed by atoms with Gasteiger partial charge in [-0.25, -0.2) is 4.79 Å². The summed E-state index contributed by atoms with van der Waals surface area (Å²) in [6, 6.07) is 9.60. The third-order valence-electron chi connectivity index (χ3n) is 5.31. The summed E-state index contributed by atoms with van der Waals surface area (Å²) >= 11 is 6.10. The number of halogens is 1. The van der Waals surface area contributed by atoms with Crippen LogP contribution in [0.15, 0.2) is 42.7 Å². The van der Waals surface area contributed by atoms with Crippen LogP contribution in [0.5, 0.6) is 0 Å². The Hall–Kier alpha value is -2.80. The minimum Gasteiger partial charge on any atom is -0.361 e. The molecule has 2 amide bonds. The van der Waals surface area contributed by atoms with E-state index in [1.807, 2.05) is 43.6 Å². The van der Waals surface area contributed by atoms with E-state index in [4.69, 9.17) is 11.6 Å². The number of nitrogens with one attached hydrogen (secondary N) is 2. The van der Waals surface area contributed by atoms with E-state index in [2.05, 4.69) is 25.4 Å². The van der Waals surface area contributed by atoms with Gasteiger partial charge in [-0.1, -0.05) is 11.6 Å². The lowest BCUT2D eigenvalue weighted by atomic mass is 10.0. The summed E-state index contributed by atoms with van der Waals surface area (Å²) in [5, 5.41) is 12.9. The number of fused-ring (bicyclic) bond motifs is 1. The Morgan fingerprint density at radius 3 is 3.14 bits per heavy atom. The van der Waals surface area contributed by atoms with Gasteiger partial charge in [0.2, 0.25) is 0 Å². The van der Waals surface area contributed by atoms with Gasteiger partial charge in [-0.2, -0.15) is 5.10 Å². The number of carbonyl (C=O) groups excluding carboxylic acids is 1. The van der Waals surface area contributed by atoms with E-state index >= 15 is 0 Å². The average molecular weight is 399 g/mol. The molecule has 0 spiro atoms. The Morgan fingerprint density at radius 1 is 1.43 bits per heavy atom. The summed E-state index contributed by atoms with van der Waals surface area (Å²) in [5.74, 6) is 0.858. The van der Waals surface area contributed by atoms with Gasteiger partial charge < -0.3 is 20.1 Å². The van der Waals surface area contributed by atoms with Crippen molar-refractivity contribution in [2.24, 2.45) is 0 Å². The molecule has 2 aromatic heterocycles. The van der Waals surface area contributed by atoms with E-state index in [-0.39, 0.29) is 12.1 Å². The standard InChI is InChI=1S/C20H23ClN6O/c1-26(16-4-3-9-27(13-16)19-5-2-8-24-25-19)20(28)23-12-14-11-22-18-7-6-15(21)10-17(14)18/h2,5-8,10-11,16,22H,3-4,9,12-13H2,1H3,(H,23,28)/t16-/m1/s1. The Bertz CT molecular complexity index is 960. The molecule has 8 heteroatoms. The molecule has 0 aliphatic carbocycles. The maximum absolute atomic E-state index is 12.7. The van der Waals surface area contributed by atoms with Crippen molar-refractivity contribution in [3.8, 4) is 0 Å². The lowest BCUT2D eigenvalue weighted by molar-refractivity contribution is 0.182. The summed E-state index contributed by atoms with van der Waals surface area (Å²) in [6.07, 6.45) is 5.57. The fraction of sp³-hybridized carbons (Fsp3) is 0.350. The van der Waals surface area contributed by atoms with Crippen LogP contribution in [0.2, 0.25) is 5.02 Å². The number of aromatic nitrogens is 3. The Kier molecular flexibility index (Phi) is 5.34. The molecule has 1 aliphatic rings. The molecule has 3 heterocycles. The van der Waals surface area contributed by atoms with Gasteiger partial charge in [0.25, 0.3) is 0 Å². The average Bonchev–Trinajstić information content (AvgIpc) is 3.14. The largest absolute Gasteiger partial charge is 0.361 e. The summed E-state index contributed by atoms with van der Waals surface area (Å²) in [6.45, 7) is 2.14. The molecule has 3 aromatic rings. The number of hydrogen-bond acceptors (Lipinski definition) is 4. The quantitative estimate of drug-likeness (QED) is 0.705. The zero-order valence-corrected chi connectivity index (χ0v) is 16.5. The van der Waals surface area contributed by atoms with Gasteiger partial charge in [0.05, 0.1) is 6.04 Å². The van der Waals surface area contributed by atoms with Crippen molar-refractivity contribution < 1.29 is 4.79 Å². The molecule has 0 saturated carbocycles. The van der Waals surface area contributed by atoms with Crippen molar-refractivity contribution in [1.29, 1.82) is 0 Å². The smallest absolute Gasteiger partial charge is 0.317 e. The first-order chi connectivity index (χ1) is 13.6. The minimum absolute atomic E-state index is 0.0811. The van der Waals surface area contributed by atoms with Gasteiger partial charge in [-0.15, -0.1) is 5.10 Å². The molecule has 2 N–H and O–H groups in total. The van der Waals surface area contributed by atoms with Crippen LogP contribution in [-0.4, -0.2) is 52.3 Å². The zero-order chi connectivity index (χ0) is 19.5. The number of hydrogen-bond donors (Lipinski definition) is 2. The molecule has 1 aliphatic heterocycles. The number of piperidine rings is 1. The van der Waals surface area contributed by atoms with Crippen LogP contribution in [0.25, 0.3) is 10.9 Å². The van der Waals surface area contributed by atoms with Gasteiger partial charge in [0, 0.05) is 55.0 Å². The minimum atomic E-state index is -0.0811. The lowest BCUT2D eigenvalue weighted by Crippen LogP contribution is -2.51. The van der Waals surface area contributed by atoms with E-state index in [0.29, 0.717) is 11.6 Å². The van der Waals surface area contributed by atoms with E-state index in [0.717, 1.165) is 48.2 Å². The van der Waals surface area contributed by atoms with Crippen LogP contribution < -0.4 is 10.2 Å². The van der Waals surface area contributed by atoms with Gasteiger partial charge >= 0.3 is 6.03 Å². The first-order valence-electron chi connectivity index (χ1n) is 9.40. The molecule has 0 bridgehead atoms. The third-order valence-corrected chi connectivity index (χ3v) is 5.54. The van der Waals surface area contributed by atoms with Crippen LogP contribution in [0.3, 0.4) is 0 Å². The first-order valence-corrected chi connectivity index (χ1v) is 9.78. The van der Waals surface area contributed by atoms with E-state index in [1.165, 1.54) is 0 Å². The highest BCUT2D eigenvalue weighted by molar-refractivity contribution is 6.31. The molecule has 146 valence electrons. The zero-order valence-electron chi connectivity index (χ0n) is 15.7. The molecule has 1 fully saturated rings. The normalized spacial score (nSPS) is 16.9. The van der Waals surface area contributed by atoms with Crippen molar-refractivity contribution in [3.05, 3.63) is 53.3 Å². The second-order valence-electron chi connectivity index (χ2n) is 7.10. The molecule has 1 aromatic carbocycles. The lowest BCUT2D eigenvalue weighted by Gasteiger charge is -2.37. The van der Waals surface area contributed by atoms with Crippen molar-refractivity contribution >= 4 is 34.4 Å². The molecule has 1 atom stereocenters. The van der Waals surface area contributed by atoms with E-state index in [1.54, 1.807) is 11.1 Å². The number of H-pyrrole nitrogens is 1. The fourth-order valence-corrected chi connectivity index (χ4v) is 3.87. The number of urea groups is 1. The summed E-state index contributed by atoms with van der Waals surface area (Å²) in [5.41, 5.74) is 2.03. The summed E-state index contributed by atoms with van der Waals surface area (Å²) in [7, 11) is 1.85. The fourth-order valence-electron chi connectivity index (χ4n) is 3.70. The number of aromatic amines is 1. The molecule has 7 nitrogen and oxygen atoms in total. The number of benzene rings is 1. The molecule has 28 heavy (non-hydrogen) atoms. The Balaban J connectivity index is 1.38. The highest BCUT2D eigenvalue weighted by atomic mass is 35.5. The topological polar surface area (TPSA) is 77.2 Å². The summed E-state index contributed by atoms with van der Waals surface area (Å²) < 4.78 is 0. The van der Waals surface area contributed by atoms with Crippen molar-refractivity contribution in [2.75, 3.05) is 25.0 Å². The first kappa shape index (κ1) is 18.6. The number of amides is 2. The van der Waals surface area contributed by atoms with Crippen molar-refractivity contribution in [1.82, 2.24) is 25.4 Å². The van der Waals surface area contributed by atoms with Crippen LogP contribution in [0.1, 0.15) is 18.4 Å². The van der Waals surface area contributed by atoms with Crippen LogP contribution in [-0.2, 0) is 6.54 Å². The predicted octanol–water partition coefficient (Wildman–Crippen LogP) is 3.42. The number of carbonyl (C=O) groups is 1. The Labute approximate surface area is 168 Å². The van der Waals surface area contributed by atoms with E-state index in [9.17, 15) is 4.79 Å². The summed E-state index contributed by atoms with van der Waals surface area (Å²) in [4.78, 5) is 19.9. The van der Waals surface area contributed by atoms with Gasteiger partial charge in [-0.3, -0.25) is 0 Å². The number of likely N-dealkylation sites (N-methyl/N-ethyl adjacent to an activating group) is 1.